The van der Waals surface area contributed by atoms with Gasteiger partial charge >= 0.3 is 0 Å². The van der Waals surface area contributed by atoms with Gasteiger partial charge in [0.2, 0.25) is 0 Å². The highest BCUT2D eigenvalue weighted by atomic mass is 35.5. The lowest BCUT2D eigenvalue weighted by molar-refractivity contribution is 0.409. The predicted molar refractivity (Wildman–Crippen MR) is 59.6 cm³/mol. The van der Waals surface area contributed by atoms with Crippen molar-refractivity contribution in [1.82, 2.24) is 0 Å². The monoisotopic (exact) mass is 238 g/mol. The van der Waals surface area contributed by atoms with Crippen LogP contribution in [0.15, 0.2) is 42.5 Å². The van der Waals surface area contributed by atoms with Gasteiger partial charge in [0.05, 0.1) is 0 Å². The van der Waals surface area contributed by atoms with Gasteiger partial charge in [-0.25, -0.2) is 4.39 Å². The van der Waals surface area contributed by atoms with Gasteiger partial charge in [0.1, 0.15) is 11.6 Å². The van der Waals surface area contributed by atoms with E-state index in [-0.39, 0.29) is 11.5 Å². The highest BCUT2D eigenvalue weighted by Crippen LogP contribution is 2.32. The largest absolute Gasteiger partial charge is 0.504 e. The Hall–Kier alpha value is -1.74. The molecule has 0 aliphatic carbocycles. The molecule has 82 valence electrons. The van der Waals surface area contributed by atoms with Gasteiger partial charge < -0.3 is 9.84 Å². The number of benzene rings is 2. The van der Waals surface area contributed by atoms with Crippen LogP contribution >= 0.6 is 11.6 Å². The second-order valence-electron chi connectivity index (χ2n) is 3.17. The molecule has 0 aliphatic rings. The molecule has 2 nitrogen and oxygen atoms in total. The Morgan fingerprint density at radius 3 is 2.69 bits per heavy atom. The molecule has 2 aromatic rings. The lowest BCUT2D eigenvalue weighted by atomic mass is 10.3. The Bertz CT molecular complexity index is 514. The first-order chi connectivity index (χ1) is 7.65. The molecule has 1 N–H and O–H groups in total. The zero-order valence-electron chi connectivity index (χ0n) is 8.15. The molecular formula is C12H8ClFO2. The number of aromatic hydroxyl groups is 1. The summed E-state index contributed by atoms with van der Waals surface area (Å²) in [5.41, 5.74) is 0. The minimum atomic E-state index is -0.404. The van der Waals surface area contributed by atoms with E-state index in [0.29, 0.717) is 10.8 Å². The summed E-state index contributed by atoms with van der Waals surface area (Å²) in [5.74, 6) is 0.0448. The van der Waals surface area contributed by atoms with Crippen LogP contribution < -0.4 is 4.74 Å². The number of halogens is 2. The summed E-state index contributed by atoms with van der Waals surface area (Å²) in [6, 6.07) is 10.1. The molecule has 0 aliphatic heterocycles. The Labute approximate surface area is 96.9 Å². The van der Waals surface area contributed by atoms with Crippen LogP contribution in [0.2, 0.25) is 5.02 Å². The number of phenolic OH excluding ortho intramolecular Hbond substituents is 1. The molecule has 0 bridgehead atoms. The fourth-order valence-corrected chi connectivity index (χ4v) is 1.39. The van der Waals surface area contributed by atoms with Crippen molar-refractivity contribution in [2.45, 2.75) is 0 Å². The van der Waals surface area contributed by atoms with Crippen LogP contribution in [0.1, 0.15) is 0 Å². The highest BCUT2D eigenvalue weighted by molar-refractivity contribution is 6.30. The van der Waals surface area contributed by atoms with E-state index in [9.17, 15) is 9.50 Å². The van der Waals surface area contributed by atoms with Crippen LogP contribution in [-0.4, -0.2) is 5.11 Å². The van der Waals surface area contributed by atoms with Crippen molar-refractivity contribution in [2.75, 3.05) is 0 Å². The van der Waals surface area contributed by atoms with E-state index < -0.39 is 5.82 Å². The molecular weight excluding hydrogens is 231 g/mol. The predicted octanol–water partition coefficient (Wildman–Crippen LogP) is 3.98. The highest BCUT2D eigenvalue weighted by Gasteiger charge is 2.05. The smallest absolute Gasteiger partial charge is 0.170 e. The minimum absolute atomic E-state index is 0.0475. The molecule has 0 atom stereocenters. The van der Waals surface area contributed by atoms with Crippen molar-refractivity contribution in [3.8, 4) is 17.2 Å². The van der Waals surface area contributed by atoms with E-state index in [1.165, 1.54) is 36.4 Å². The van der Waals surface area contributed by atoms with Gasteiger partial charge in [-0.2, -0.15) is 0 Å². The van der Waals surface area contributed by atoms with Crippen molar-refractivity contribution in [3.63, 3.8) is 0 Å². The van der Waals surface area contributed by atoms with Crippen molar-refractivity contribution in [2.24, 2.45) is 0 Å². The van der Waals surface area contributed by atoms with E-state index in [2.05, 4.69) is 0 Å². The molecule has 0 aromatic heterocycles. The lowest BCUT2D eigenvalue weighted by Gasteiger charge is -2.07. The van der Waals surface area contributed by atoms with Gasteiger partial charge in [0.15, 0.2) is 11.5 Å². The summed E-state index contributed by atoms with van der Waals surface area (Å²) in [6.45, 7) is 0. The Morgan fingerprint density at radius 1 is 1.12 bits per heavy atom. The fourth-order valence-electron chi connectivity index (χ4n) is 1.23. The standard InChI is InChI=1S/C12H8ClFO2/c13-8-4-5-11(15)12(6-8)16-10-3-1-2-9(14)7-10/h1-7,15H. The van der Waals surface area contributed by atoms with Gasteiger partial charge in [-0.15, -0.1) is 0 Å². The number of hydrogen-bond acceptors (Lipinski definition) is 2. The summed E-state index contributed by atoms with van der Waals surface area (Å²) >= 11 is 5.75. The van der Waals surface area contributed by atoms with Crippen LogP contribution in [-0.2, 0) is 0 Å². The third kappa shape index (κ3) is 2.44. The second kappa shape index (κ2) is 4.41. The van der Waals surface area contributed by atoms with Crippen molar-refractivity contribution in [3.05, 3.63) is 53.3 Å². The van der Waals surface area contributed by atoms with E-state index in [4.69, 9.17) is 16.3 Å². The molecule has 0 heterocycles. The Balaban J connectivity index is 2.30. The zero-order chi connectivity index (χ0) is 11.5. The van der Waals surface area contributed by atoms with E-state index in [1.807, 2.05) is 0 Å². The van der Waals surface area contributed by atoms with Crippen LogP contribution in [0.25, 0.3) is 0 Å². The zero-order valence-corrected chi connectivity index (χ0v) is 8.91. The second-order valence-corrected chi connectivity index (χ2v) is 3.61. The molecule has 2 aromatic carbocycles. The average Bonchev–Trinajstić information content (AvgIpc) is 2.24. The number of phenols is 1. The van der Waals surface area contributed by atoms with Crippen LogP contribution in [0.4, 0.5) is 4.39 Å². The number of rotatable bonds is 2. The molecule has 0 saturated heterocycles. The lowest BCUT2D eigenvalue weighted by Crippen LogP contribution is -1.85. The average molecular weight is 239 g/mol. The number of hydrogen-bond donors (Lipinski definition) is 1. The van der Waals surface area contributed by atoms with E-state index >= 15 is 0 Å². The molecule has 0 unspecified atom stereocenters. The summed E-state index contributed by atoms with van der Waals surface area (Å²) in [5, 5.41) is 9.92. The Morgan fingerprint density at radius 2 is 1.94 bits per heavy atom. The van der Waals surface area contributed by atoms with Gasteiger partial charge in [0, 0.05) is 17.2 Å². The quantitative estimate of drug-likeness (QED) is 0.858. The first-order valence-corrected chi connectivity index (χ1v) is 4.95. The van der Waals surface area contributed by atoms with Crippen molar-refractivity contribution in [1.29, 1.82) is 0 Å². The molecule has 4 heteroatoms. The maximum absolute atomic E-state index is 12.9. The number of ether oxygens (including phenoxy) is 1. The van der Waals surface area contributed by atoms with Crippen molar-refractivity contribution < 1.29 is 14.2 Å². The van der Waals surface area contributed by atoms with Crippen molar-refractivity contribution >= 4 is 11.6 Å². The molecule has 0 radical (unpaired) electrons. The minimum Gasteiger partial charge on any atom is -0.504 e. The van der Waals surface area contributed by atoms with Crippen LogP contribution in [0.3, 0.4) is 0 Å². The van der Waals surface area contributed by atoms with Crippen LogP contribution in [0, 0.1) is 5.82 Å². The molecule has 0 amide bonds. The van der Waals surface area contributed by atoms with Gasteiger partial charge in [-0.3, -0.25) is 0 Å². The third-order valence-electron chi connectivity index (χ3n) is 1.95. The third-order valence-corrected chi connectivity index (χ3v) is 2.18. The molecule has 16 heavy (non-hydrogen) atoms. The molecule has 2 rings (SSSR count). The topological polar surface area (TPSA) is 29.5 Å². The maximum atomic E-state index is 12.9. The molecule has 0 saturated carbocycles. The van der Waals surface area contributed by atoms with Gasteiger partial charge in [-0.1, -0.05) is 17.7 Å². The summed E-state index contributed by atoms with van der Waals surface area (Å²) in [7, 11) is 0. The van der Waals surface area contributed by atoms with Gasteiger partial charge in [0.25, 0.3) is 0 Å². The first kappa shape index (κ1) is 10.8. The SMILES string of the molecule is Oc1ccc(Cl)cc1Oc1cccc(F)c1. The first-order valence-electron chi connectivity index (χ1n) is 4.57. The molecule has 0 fully saturated rings. The maximum Gasteiger partial charge on any atom is 0.170 e. The molecule has 0 spiro atoms. The van der Waals surface area contributed by atoms with Crippen LogP contribution in [0.5, 0.6) is 17.2 Å². The van der Waals surface area contributed by atoms with E-state index in [1.54, 1.807) is 6.07 Å². The van der Waals surface area contributed by atoms with Gasteiger partial charge in [-0.05, 0) is 24.3 Å². The summed E-state index contributed by atoms with van der Waals surface area (Å²) in [6.07, 6.45) is 0. The summed E-state index contributed by atoms with van der Waals surface area (Å²) < 4.78 is 18.2. The Kier molecular flexibility index (Phi) is 2.97. The van der Waals surface area contributed by atoms with E-state index in [0.717, 1.165) is 0 Å². The summed E-state index contributed by atoms with van der Waals surface area (Å²) in [4.78, 5) is 0. The normalized spacial score (nSPS) is 10.1. The fraction of sp³-hybridized carbons (Fsp3) is 0.